The largest absolute Gasteiger partial charge is 0.481 e. The van der Waals surface area contributed by atoms with Crippen molar-refractivity contribution in [3.05, 3.63) is 34.9 Å². The molecule has 0 saturated carbocycles. The molecule has 0 bridgehead atoms. The molecular weight excluding hydrogens is 232 g/mol. The minimum absolute atomic E-state index is 0.423. The maximum Gasteiger partial charge on any atom is 0.314 e. The van der Waals surface area contributed by atoms with Gasteiger partial charge in [0.2, 0.25) is 0 Å². The van der Waals surface area contributed by atoms with Crippen molar-refractivity contribution in [2.24, 2.45) is 0 Å². The number of carbonyl (C=O) groups is 2. The van der Waals surface area contributed by atoms with Gasteiger partial charge in [-0.1, -0.05) is 23.7 Å². The van der Waals surface area contributed by atoms with Crippen LogP contribution < -0.4 is 0 Å². The minimum atomic E-state index is -1.43. The highest BCUT2D eigenvalue weighted by molar-refractivity contribution is 6.30. The summed E-state index contributed by atoms with van der Waals surface area (Å²) < 4.78 is 0. The lowest BCUT2D eigenvalue weighted by Crippen LogP contribution is -2.34. The topological polar surface area (TPSA) is 74.6 Å². The van der Waals surface area contributed by atoms with E-state index in [0.29, 0.717) is 10.6 Å². The van der Waals surface area contributed by atoms with Gasteiger partial charge in [-0.2, -0.15) is 0 Å². The second-order valence-electron chi connectivity index (χ2n) is 3.71. The van der Waals surface area contributed by atoms with Crippen LogP contribution in [-0.2, 0) is 15.0 Å². The van der Waals surface area contributed by atoms with E-state index in [2.05, 4.69) is 0 Å². The van der Waals surface area contributed by atoms with E-state index in [-0.39, 0.29) is 0 Å². The number of rotatable bonds is 4. The van der Waals surface area contributed by atoms with E-state index in [1.54, 1.807) is 12.1 Å². The van der Waals surface area contributed by atoms with Gasteiger partial charge in [0.15, 0.2) is 0 Å². The number of aliphatic carboxylic acids is 2. The molecule has 0 fully saturated rings. The first-order valence-electron chi connectivity index (χ1n) is 4.57. The van der Waals surface area contributed by atoms with E-state index < -0.39 is 23.8 Å². The lowest BCUT2D eigenvalue weighted by atomic mass is 9.79. The molecule has 0 saturated heterocycles. The molecule has 2 N–H and O–H groups in total. The molecule has 0 radical (unpaired) electrons. The summed E-state index contributed by atoms with van der Waals surface area (Å²) in [5.41, 5.74) is -1.01. The van der Waals surface area contributed by atoms with E-state index in [4.69, 9.17) is 21.8 Å². The summed E-state index contributed by atoms with van der Waals surface area (Å²) in [7, 11) is 0. The van der Waals surface area contributed by atoms with Gasteiger partial charge in [0.25, 0.3) is 0 Å². The number of halogens is 1. The van der Waals surface area contributed by atoms with Crippen LogP contribution in [0.25, 0.3) is 0 Å². The molecule has 5 heteroatoms. The average molecular weight is 243 g/mol. The zero-order valence-corrected chi connectivity index (χ0v) is 9.36. The molecule has 0 aromatic heterocycles. The Morgan fingerprint density at radius 3 is 2.12 bits per heavy atom. The van der Waals surface area contributed by atoms with Gasteiger partial charge in [-0.25, -0.2) is 0 Å². The Morgan fingerprint density at radius 1 is 1.25 bits per heavy atom. The van der Waals surface area contributed by atoms with Crippen molar-refractivity contribution in [1.29, 1.82) is 0 Å². The van der Waals surface area contributed by atoms with Crippen LogP contribution in [0.15, 0.2) is 24.3 Å². The van der Waals surface area contributed by atoms with Crippen molar-refractivity contribution in [2.45, 2.75) is 18.8 Å². The monoisotopic (exact) mass is 242 g/mol. The molecule has 1 atom stereocenters. The lowest BCUT2D eigenvalue weighted by Gasteiger charge is -2.23. The van der Waals surface area contributed by atoms with E-state index in [9.17, 15) is 9.59 Å². The zero-order chi connectivity index (χ0) is 12.3. The number of carboxylic acids is 2. The number of hydrogen-bond acceptors (Lipinski definition) is 2. The Hall–Kier alpha value is -1.55. The summed E-state index contributed by atoms with van der Waals surface area (Å²) in [5, 5.41) is 18.3. The normalized spacial score (nSPS) is 14.1. The smallest absolute Gasteiger partial charge is 0.314 e. The molecule has 0 spiro atoms. The Balaban J connectivity index is 3.16. The molecule has 0 amide bonds. The van der Waals surface area contributed by atoms with Crippen LogP contribution in [0.3, 0.4) is 0 Å². The molecule has 0 aliphatic carbocycles. The molecule has 0 heterocycles. The molecule has 4 nitrogen and oxygen atoms in total. The summed E-state index contributed by atoms with van der Waals surface area (Å²) in [6.07, 6.45) is -0.468. The second-order valence-corrected chi connectivity index (χ2v) is 4.15. The van der Waals surface area contributed by atoms with Gasteiger partial charge in [0, 0.05) is 5.02 Å². The van der Waals surface area contributed by atoms with Crippen molar-refractivity contribution >= 4 is 23.5 Å². The summed E-state index contributed by atoms with van der Waals surface area (Å²) in [6, 6.07) is 6.14. The second kappa shape index (κ2) is 4.53. The first kappa shape index (κ1) is 12.5. The van der Waals surface area contributed by atoms with E-state index in [1.165, 1.54) is 19.1 Å². The quantitative estimate of drug-likeness (QED) is 0.848. The zero-order valence-electron chi connectivity index (χ0n) is 8.61. The molecule has 16 heavy (non-hydrogen) atoms. The molecule has 1 rings (SSSR count). The molecule has 86 valence electrons. The van der Waals surface area contributed by atoms with Crippen LogP contribution >= 0.6 is 11.6 Å². The van der Waals surface area contributed by atoms with E-state index >= 15 is 0 Å². The summed E-state index contributed by atoms with van der Waals surface area (Å²) in [4.78, 5) is 21.8. The van der Waals surface area contributed by atoms with Gasteiger partial charge in [0.1, 0.15) is 5.41 Å². The first-order valence-corrected chi connectivity index (χ1v) is 4.95. The third-order valence-corrected chi connectivity index (χ3v) is 2.71. The molecule has 1 unspecified atom stereocenters. The van der Waals surface area contributed by atoms with Crippen LogP contribution in [0.5, 0.6) is 0 Å². The van der Waals surface area contributed by atoms with Gasteiger partial charge in [-0.05, 0) is 24.6 Å². The first-order chi connectivity index (χ1) is 7.36. The third-order valence-electron chi connectivity index (χ3n) is 2.46. The van der Waals surface area contributed by atoms with Crippen molar-refractivity contribution < 1.29 is 19.8 Å². The summed E-state index contributed by atoms with van der Waals surface area (Å²) in [5.74, 6) is -2.32. The number of hydrogen-bond donors (Lipinski definition) is 2. The summed E-state index contributed by atoms with van der Waals surface area (Å²) in [6.45, 7) is 1.38. The van der Waals surface area contributed by atoms with Crippen LogP contribution in [0.4, 0.5) is 0 Å². The highest BCUT2D eigenvalue weighted by atomic mass is 35.5. The Bertz CT molecular complexity index is 412. The van der Waals surface area contributed by atoms with Crippen molar-refractivity contribution in [2.75, 3.05) is 0 Å². The van der Waals surface area contributed by atoms with Gasteiger partial charge >= 0.3 is 11.9 Å². The molecule has 1 aromatic carbocycles. The fourth-order valence-electron chi connectivity index (χ4n) is 1.42. The van der Waals surface area contributed by atoms with Gasteiger partial charge in [-0.3, -0.25) is 9.59 Å². The maximum absolute atomic E-state index is 11.1. The third kappa shape index (κ3) is 2.52. The Kier molecular flexibility index (Phi) is 3.55. The number of carboxylic acid groups (broad SMARTS) is 2. The fourth-order valence-corrected chi connectivity index (χ4v) is 1.55. The van der Waals surface area contributed by atoms with Gasteiger partial charge in [-0.15, -0.1) is 0 Å². The Labute approximate surface area is 97.5 Å². The highest BCUT2D eigenvalue weighted by Gasteiger charge is 2.37. The minimum Gasteiger partial charge on any atom is -0.481 e. The van der Waals surface area contributed by atoms with Crippen molar-refractivity contribution in [1.82, 2.24) is 0 Å². The molecular formula is C11H11ClO4. The highest BCUT2D eigenvalue weighted by Crippen LogP contribution is 2.29. The summed E-state index contributed by atoms with van der Waals surface area (Å²) >= 11 is 5.68. The predicted octanol–water partition coefficient (Wildman–Crippen LogP) is 2.16. The maximum atomic E-state index is 11.1. The average Bonchev–Trinajstić information content (AvgIpc) is 2.17. The molecule has 1 aromatic rings. The standard InChI is InChI=1S/C11H11ClO4/c1-11(10(15)16,6-9(13)14)7-2-4-8(12)5-3-7/h2-5H,6H2,1H3,(H,13,14)(H,15,16). The molecule has 0 aliphatic heterocycles. The van der Waals surface area contributed by atoms with Crippen molar-refractivity contribution in [3.63, 3.8) is 0 Å². The SMILES string of the molecule is CC(CC(=O)O)(C(=O)O)c1ccc(Cl)cc1. The van der Waals surface area contributed by atoms with Gasteiger partial charge < -0.3 is 10.2 Å². The van der Waals surface area contributed by atoms with E-state index in [0.717, 1.165) is 0 Å². The van der Waals surface area contributed by atoms with Crippen LogP contribution in [0.2, 0.25) is 5.02 Å². The van der Waals surface area contributed by atoms with Crippen molar-refractivity contribution in [3.8, 4) is 0 Å². The lowest BCUT2D eigenvalue weighted by molar-refractivity contribution is -0.149. The Morgan fingerprint density at radius 2 is 1.75 bits per heavy atom. The molecule has 0 aliphatic rings. The van der Waals surface area contributed by atoms with Crippen LogP contribution in [0.1, 0.15) is 18.9 Å². The van der Waals surface area contributed by atoms with Crippen LogP contribution in [-0.4, -0.2) is 22.2 Å². The fraction of sp³-hybridized carbons (Fsp3) is 0.273. The number of benzene rings is 1. The van der Waals surface area contributed by atoms with Gasteiger partial charge in [0.05, 0.1) is 6.42 Å². The van der Waals surface area contributed by atoms with Crippen LogP contribution in [0, 0.1) is 0 Å². The predicted molar refractivity (Wildman–Crippen MR) is 58.7 cm³/mol. The van der Waals surface area contributed by atoms with E-state index in [1.807, 2.05) is 0 Å².